The number of benzene rings is 1. The first kappa shape index (κ1) is 17.8. The van der Waals surface area contributed by atoms with Gasteiger partial charge in [-0.2, -0.15) is 0 Å². The Labute approximate surface area is 133 Å². The Morgan fingerprint density at radius 1 is 1.24 bits per heavy atom. The van der Waals surface area contributed by atoms with E-state index in [2.05, 4.69) is 0 Å². The number of hydrogen-bond acceptors (Lipinski definition) is 4. The quantitative estimate of drug-likeness (QED) is 0.827. The number of carboxylic acid groups (broad SMARTS) is 1. The van der Waals surface area contributed by atoms with Gasteiger partial charge in [-0.15, -0.1) is 0 Å². The molecular formula is C14H17Cl2NO4. The van der Waals surface area contributed by atoms with Crippen LogP contribution in [0.4, 0.5) is 0 Å². The summed E-state index contributed by atoms with van der Waals surface area (Å²) < 4.78 is 5.24. The lowest BCUT2D eigenvalue weighted by molar-refractivity contribution is -0.160. The van der Waals surface area contributed by atoms with Crippen molar-refractivity contribution in [1.82, 2.24) is 0 Å². The molecule has 0 amide bonds. The molecule has 2 atom stereocenters. The Morgan fingerprint density at radius 3 is 2.24 bits per heavy atom. The molecule has 1 aromatic carbocycles. The fourth-order valence-corrected chi connectivity index (χ4v) is 2.01. The molecule has 21 heavy (non-hydrogen) atoms. The second kappa shape index (κ2) is 6.64. The van der Waals surface area contributed by atoms with Gasteiger partial charge in [-0.25, -0.2) is 0 Å². The molecule has 1 rings (SSSR count). The fourth-order valence-electron chi connectivity index (χ4n) is 1.70. The third-order valence-electron chi connectivity index (χ3n) is 2.61. The number of rotatable bonds is 4. The predicted octanol–water partition coefficient (Wildman–Crippen LogP) is 2.83. The molecule has 0 radical (unpaired) electrons. The molecule has 0 saturated heterocycles. The SMILES string of the molecule is CC(C)(C)OC(=O)[C@@H](c1ccc(Cl)c(Cl)c1)[C@H](N)C(=O)O. The van der Waals surface area contributed by atoms with E-state index in [1.807, 2.05) is 0 Å². The zero-order valence-electron chi connectivity index (χ0n) is 11.9. The molecule has 116 valence electrons. The number of carbonyl (C=O) groups is 2. The Balaban J connectivity index is 3.22. The molecular weight excluding hydrogens is 317 g/mol. The minimum absolute atomic E-state index is 0.209. The van der Waals surface area contributed by atoms with E-state index < -0.39 is 29.5 Å². The van der Waals surface area contributed by atoms with Gasteiger partial charge in [0.15, 0.2) is 0 Å². The molecule has 0 bridgehead atoms. The van der Waals surface area contributed by atoms with Crippen LogP contribution in [0.2, 0.25) is 10.0 Å². The highest BCUT2D eigenvalue weighted by Gasteiger charge is 2.35. The maximum atomic E-state index is 12.3. The van der Waals surface area contributed by atoms with E-state index in [4.69, 9.17) is 38.8 Å². The molecule has 5 nitrogen and oxygen atoms in total. The normalized spacial score (nSPS) is 14.4. The number of ether oxygens (including phenoxy) is 1. The lowest BCUT2D eigenvalue weighted by Crippen LogP contribution is -2.42. The average Bonchev–Trinajstić information content (AvgIpc) is 2.31. The number of esters is 1. The van der Waals surface area contributed by atoms with Gasteiger partial charge in [-0.3, -0.25) is 9.59 Å². The summed E-state index contributed by atoms with van der Waals surface area (Å²) in [5, 5.41) is 9.60. The Kier molecular flexibility index (Phi) is 5.61. The van der Waals surface area contributed by atoms with Gasteiger partial charge < -0.3 is 15.6 Å². The Bertz CT molecular complexity index is 554. The van der Waals surface area contributed by atoms with Crippen molar-refractivity contribution < 1.29 is 19.4 Å². The number of carboxylic acids is 1. The molecule has 0 unspecified atom stereocenters. The van der Waals surface area contributed by atoms with E-state index >= 15 is 0 Å². The minimum atomic E-state index is -1.45. The van der Waals surface area contributed by atoms with Crippen molar-refractivity contribution in [2.45, 2.75) is 38.3 Å². The first-order valence-corrected chi connectivity index (χ1v) is 6.94. The molecule has 0 spiro atoms. The minimum Gasteiger partial charge on any atom is -0.480 e. The van der Waals surface area contributed by atoms with Gasteiger partial charge in [0.1, 0.15) is 17.6 Å². The van der Waals surface area contributed by atoms with E-state index in [0.717, 1.165) is 0 Å². The summed E-state index contributed by atoms with van der Waals surface area (Å²) in [7, 11) is 0. The fraction of sp³-hybridized carbons (Fsp3) is 0.429. The van der Waals surface area contributed by atoms with Crippen LogP contribution in [0.1, 0.15) is 32.3 Å². The van der Waals surface area contributed by atoms with Crippen LogP contribution in [0.5, 0.6) is 0 Å². The number of nitrogens with two attached hydrogens (primary N) is 1. The Morgan fingerprint density at radius 2 is 1.81 bits per heavy atom. The van der Waals surface area contributed by atoms with E-state index in [-0.39, 0.29) is 5.02 Å². The van der Waals surface area contributed by atoms with Gasteiger partial charge >= 0.3 is 11.9 Å². The molecule has 0 aliphatic heterocycles. The van der Waals surface area contributed by atoms with E-state index in [9.17, 15) is 9.59 Å². The molecule has 3 N–H and O–H groups in total. The predicted molar refractivity (Wildman–Crippen MR) is 80.7 cm³/mol. The van der Waals surface area contributed by atoms with Gasteiger partial charge in [0.2, 0.25) is 0 Å². The lowest BCUT2D eigenvalue weighted by Gasteiger charge is -2.26. The van der Waals surface area contributed by atoms with Crippen molar-refractivity contribution in [3.05, 3.63) is 33.8 Å². The molecule has 0 fully saturated rings. The molecule has 0 aromatic heterocycles. The van der Waals surface area contributed by atoms with Gasteiger partial charge in [-0.1, -0.05) is 29.3 Å². The van der Waals surface area contributed by atoms with E-state index in [0.29, 0.717) is 10.6 Å². The van der Waals surface area contributed by atoms with Crippen molar-refractivity contribution in [1.29, 1.82) is 0 Å². The number of carbonyl (C=O) groups excluding carboxylic acids is 1. The highest BCUT2D eigenvalue weighted by molar-refractivity contribution is 6.42. The average molecular weight is 334 g/mol. The largest absolute Gasteiger partial charge is 0.480 e. The second-order valence-corrected chi connectivity index (χ2v) is 6.36. The van der Waals surface area contributed by atoms with E-state index in [1.165, 1.54) is 18.2 Å². The van der Waals surface area contributed by atoms with Crippen LogP contribution in [0.15, 0.2) is 18.2 Å². The van der Waals surface area contributed by atoms with Crippen LogP contribution < -0.4 is 5.73 Å². The summed E-state index contributed by atoms with van der Waals surface area (Å²) in [5.74, 6) is -3.20. The van der Waals surface area contributed by atoms with Crippen LogP contribution in [0.3, 0.4) is 0 Å². The summed E-state index contributed by atoms with van der Waals surface area (Å²) in [6.07, 6.45) is 0. The van der Waals surface area contributed by atoms with Gasteiger partial charge in [0.05, 0.1) is 10.0 Å². The first-order chi connectivity index (χ1) is 9.53. The molecule has 0 aliphatic carbocycles. The summed E-state index contributed by atoms with van der Waals surface area (Å²) >= 11 is 11.7. The Hall–Kier alpha value is -1.30. The number of aliphatic carboxylic acids is 1. The topological polar surface area (TPSA) is 89.6 Å². The third kappa shape index (κ3) is 4.88. The van der Waals surface area contributed by atoms with Gasteiger partial charge in [0.25, 0.3) is 0 Å². The summed E-state index contributed by atoms with van der Waals surface area (Å²) in [6.45, 7) is 5.05. The maximum Gasteiger partial charge on any atom is 0.321 e. The molecule has 0 heterocycles. The monoisotopic (exact) mass is 333 g/mol. The second-order valence-electron chi connectivity index (χ2n) is 5.55. The zero-order chi connectivity index (χ0) is 16.4. The summed E-state index contributed by atoms with van der Waals surface area (Å²) in [5.41, 5.74) is 5.21. The van der Waals surface area contributed by atoms with Gasteiger partial charge in [-0.05, 0) is 38.5 Å². The van der Waals surface area contributed by atoms with Crippen molar-refractivity contribution in [2.75, 3.05) is 0 Å². The van der Waals surface area contributed by atoms with Crippen LogP contribution in [-0.2, 0) is 14.3 Å². The smallest absolute Gasteiger partial charge is 0.321 e. The van der Waals surface area contributed by atoms with Crippen LogP contribution in [0.25, 0.3) is 0 Å². The maximum absolute atomic E-state index is 12.3. The van der Waals surface area contributed by atoms with Crippen molar-refractivity contribution in [2.24, 2.45) is 5.73 Å². The van der Waals surface area contributed by atoms with Crippen molar-refractivity contribution >= 4 is 35.1 Å². The van der Waals surface area contributed by atoms with Crippen molar-refractivity contribution in [3.63, 3.8) is 0 Å². The molecule has 1 aromatic rings. The number of hydrogen-bond donors (Lipinski definition) is 2. The molecule has 7 heteroatoms. The standard InChI is InChI=1S/C14H17Cl2NO4/c1-14(2,3)21-13(20)10(11(17)12(18)19)7-4-5-8(15)9(16)6-7/h4-6,10-11H,17H2,1-3H3,(H,18,19)/t10-,11-/m0/s1. The van der Waals surface area contributed by atoms with Crippen LogP contribution in [-0.4, -0.2) is 28.7 Å². The summed E-state index contributed by atoms with van der Waals surface area (Å²) in [6, 6.07) is 2.95. The van der Waals surface area contributed by atoms with Crippen molar-refractivity contribution in [3.8, 4) is 0 Å². The highest BCUT2D eigenvalue weighted by atomic mass is 35.5. The summed E-state index contributed by atoms with van der Waals surface area (Å²) in [4.78, 5) is 23.4. The van der Waals surface area contributed by atoms with Gasteiger partial charge in [0, 0.05) is 0 Å². The molecule has 0 saturated carbocycles. The highest BCUT2D eigenvalue weighted by Crippen LogP contribution is 2.29. The van der Waals surface area contributed by atoms with Crippen LogP contribution >= 0.6 is 23.2 Å². The zero-order valence-corrected chi connectivity index (χ0v) is 13.4. The lowest BCUT2D eigenvalue weighted by atomic mass is 9.91. The van der Waals surface area contributed by atoms with E-state index in [1.54, 1.807) is 20.8 Å². The molecule has 0 aliphatic rings. The first-order valence-electron chi connectivity index (χ1n) is 6.19. The third-order valence-corrected chi connectivity index (χ3v) is 3.35. The van der Waals surface area contributed by atoms with Crippen LogP contribution in [0, 0.1) is 0 Å². The number of halogens is 2.